The summed E-state index contributed by atoms with van der Waals surface area (Å²) in [5, 5.41) is 2.99. The fourth-order valence-electron chi connectivity index (χ4n) is 3.37. The number of hydrogen-bond donors (Lipinski definition) is 1. The molecular weight excluding hydrogens is 316 g/mol. The van der Waals surface area contributed by atoms with Gasteiger partial charge in [0.1, 0.15) is 0 Å². The second kappa shape index (κ2) is 7.33. The first-order chi connectivity index (χ1) is 12.0. The summed E-state index contributed by atoms with van der Waals surface area (Å²) in [4.78, 5) is 30.6. The maximum Gasteiger partial charge on any atom is 0.321 e. The normalized spacial score (nSPS) is 17.9. The van der Waals surface area contributed by atoms with Crippen LogP contribution < -0.4 is 10.2 Å². The van der Waals surface area contributed by atoms with Gasteiger partial charge in [-0.1, -0.05) is 0 Å². The lowest BCUT2D eigenvalue weighted by Crippen LogP contribution is -2.39. The van der Waals surface area contributed by atoms with Crippen LogP contribution in [0.4, 0.5) is 16.2 Å². The number of carbonyl (C=O) groups is 2. The van der Waals surface area contributed by atoms with E-state index in [1.165, 1.54) is 0 Å². The number of nitrogens with one attached hydrogen (secondary N) is 1. The van der Waals surface area contributed by atoms with Gasteiger partial charge >= 0.3 is 6.03 Å². The highest BCUT2D eigenvalue weighted by Gasteiger charge is 2.34. The molecule has 25 heavy (non-hydrogen) atoms. The minimum absolute atomic E-state index is 0.0854. The first kappa shape index (κ1) is 17.6. The van der Waals surface area contributed by atoms with Crippen LogP contribution in [0.1, 0.15) is 24.8 Å². The van der Waals surface area contributed by atoms with Crippen LogP contribution in [-0.4, -0.2) is 62.0 Å². The van der Waals surface area contributed by atoms with Crippen LogP contribution in [-0.2, 0) is 4.79 Å². The molecule has 0 atom stereocenters. The van der Waals surface area contributed by atoms with Crippen molar-refractivity contribution in [2.24, 2.45) is 5.92 Å². The van der Waals surface area contributed by atoms with E-state index in [0.717, 1.165) is 42.7 Å². The van der Waals surface area contributed by atoms with Gasteiger partial charge in [-0.2, -0.15) is 0 Å². The molecule has 1 saturated carbocycles. The van der Waals surface area contributed by atoms with Crippen molar-refractivity contribution >= 4 is 23.3 Å². The summed E-state index contributed by atoms with van der Waals surface area (Å²) in [7, 11) is 4.01. The highest BCUT2D eigenvalue weighted by molar-refractivity contribution is 5.90. The molecule has 0 aromatic heterocycles. The monoisotopic (exact) mass is 344 g/mol. The van der Waals surface area contributed by atoms with Gasteiger partial charge in [0, 0.05) is 57.6 Å². The first-order valence-corrected chi connectivity index (χ1v) is 9.08. The molecule has 6 nitrogen and oxygen atoms in total. The zero-order valence-corrected chi connectivity index (χ0v) is 15.4. The molecule has 1 aliphatic carbocycles. The Kier molecular flexibility index (Phi) is 5.16. The number of nitrogens with zero attached hydrogens (tertiary/aromatic N) is 3. The van der Waals surface area contributed by atoms with Crippen molar-refractivity contribution in [3.63, 3.8) is 0 Å². The highest BCUT2D eigenvalue weighted by Crippen LogP contribution is 2.31. The van der Waals surface area contributed by atoms with Gasteiger partial charge in [-0.3, -0.25) is 4.79 Å². The Labute approximate surface area is 149 Å². The number of rotatable bonds is 3. The van der Waals surface area contributed by atoms with E-state index >= 15 is 0 Å². The van der Waals surface area contributed by atoms with E-state index in [1.54, 1.807) is 0 Å². The van der Waals surface area contributed by atoms with E-state index in [4.69, 9.17) is 0 Å². The largest absolute Gasteiger partial charge is 0.377 e. The number of benzene rings is 1. The SMILES string of the molecule is Cc1cc(NC(=O)N2CCCN(C(=O)C3CC3)CC2)ccc1N(C)C. The second-order valence-electron chi connectivity index (χ2n) is 7.27. The maximum atomic E-state index is 12.6. The molecule has 1 N–H and O–H groups in total. The van der Waals surface area contributed by atoms with E-state index in [0.29, 0.717) is 19.6 Å². The topological polar surface area (TPSA) is 55.9 Å². The van der Waals surface area contributed by atoms with E-state index in [9.17, 15) is 9.59 Å². The second-order valence-corrected chi connectivity index (χ2v) is 7.27. The van der Waals surface area contributed by atoms with Gasteiger partial charge in [-0.15, -0.1) is 0 Å². The van der Waals surface area contributed by atoms with E-state index < -0.39 is 0 Å². The predicted octanol–water partition coefficient (Wildman–Crippen LogP) is 2.54. The van der Waals surface area contributed by atoms with Gasteiger partial charge in [0.15, 0.2) is 0 Å². The third-order valence-corrected chi connectivity index (χ3v) is 4.95. The Morgan fingerprint density at radius 3 is 2.40 bits per heavy atom. The fraction of sp³-hybridized carbons (Fsp3) is 0.579. The molecule has 2 fully saturated rings. The summed E-state index contributed by atoms with van der Waals surface area (Å²) in [5.41, 5.74) is 3.07. The van der Waals surface area contributed by atoms with Crippen molar-refractivity contribution in [3.05, 3.63) is 23.8 Å². The molecule has 0 spiro atoms. The number of amides is 3. The lowest BCUT2D eigenvalue weighted by Gasteiger charge is -2.23. The smallest absolute Gasteiger partial charge is 0.321 e. The number of carbonyl (C=O) groups excluding carboxylic acids is 2. The zero-order valence-electron chi connectivity index (χ0n) is 15.4. The van der Waals surface area contributed by atoms with Crippen LogP contribution in [0.15, 0.2) is 18.2 Å². The lowest BCUT2D eigenvalue weighted by molar-refractivity contribution is -0.132. The molecule has 1 aliphatic heterocycles. The fourth-order valence-corrected chi connectivity index (χ4v) is 3.37. The third kappa shape index (κ3) is 4.24. The Morgan fingerprint density at radius 1 is 1.08 bits per heavy atom. The standard InChI is InChI=1S/C19H28N4O2/c1-14-13-16(7-8-17(14)21(2)3)20-19(25)23-10-4-9-22(11-12-23)18(24)15-5-6-15/h7-8,13,15H,4-6,9-12H2,1-3H3,(H,20,25). The van der Waals surface area contributed by atoms with Gasteiger partial charge in [0.25, 0.3) is 0 Å². The summed E-state index contributed by atoms with van der Waals surface area (Å²) in [5.74, 6) is 0.524. The van der Waals surface area contributed by atoms with E-state index in [2.05, 4.69) is 10.2 Å². The average molecular weight is 344 g/mol. The Bertz CT molecular complexity index is 655. The van der Waals surface area contributed by atoms with Gasteiger partial charge in [-0.25, -0.2) is 4.79 Å². The summed E-state index contributed by atoms with van der Waals surface area (Å²) in [6.45, 7) is 4.73. The van der Waals surface area contributed by atoms with Crippen molar-refractivity contribution in [1.82, 2.24) is 9.80 Å². The van der Waals surface area contributed by atoms with Crippen LogP contribution in [0.25, 0.3) is 0 Å². The number of anilines is 2. The van der Waals surface area contributed by atoms with Gasteiger partial charge in [0.2, 0.25) is 5.91 Å². The third-order valence-electron chi connectivity index (χ3n) is 4.95. The number of hydrogen-bond acceptors (Lipinski definition) is 3. The molecule has 0 unspecified atom stereocenters. The average Bonchev–Trinajstić information content (AvgIpc) is 3.40. The molecule has 1 aromatic rings. The van der Waals surface area contributed by atoms with Crippen molar-refractivity contribution in [2.75, 3.05) is 50.5 Å². The number of aryl methyl sites for hydroxylation is 1. The lowest BCUT2D eigenvalue weighted by atomic mass is 10.1. The predicted molar refractivity (Wildman–Crippen MR) is 100 cm³/mol. The molecule has 3 amide bonds. The van der Waals surface area contributed by atoms with Crippen molar-refractivity contribution in [2.45, 2.75) is 26.2 Å². The molecule has 6 heteroatoms. The maximum absolute atomic E-state index is 12.6. The van der Waals surface area contributed by atoms with Crippen LogP contribution in [0.2, 0.25) is 0 Å². The molecular formula is C19H28N4O2. The molecule has 1 saturated heterocycles. The highest BCUT2D eigenvalue weighted by atomic mass is 16.2. The van der Waals surface area contributed by atoms with Gasteiger partial charge in [-0.05, 0) is 49.9 Å². The zero-order chi connectivity index (χ0) is 18.0. The van der Waals surface area contributed by atoms with E-state index in [1.807, 2.05) is 49.0 Å². The molecule has 0 radical (unpaired) electrons. The molecule has 1 heterocycles. The Hall–Kier alpha value is -2.24. The quantitative estimate of drug-likeness (QED) is 0.917. The summed E-state index contributed by atoms with van der Waals surface area (Å²) >= 11 is 0. The van der Waals surface area contributed by atoms with Gasteiger partial charge < -0.3 is 20.0 Å². The van der Waals surface area contributed by atoms with Crippen molar-refractivity contribution in [3.8, 4) is 0 Å². The first-order valence-electron chi connectivity index (χ1n) is 9.08. The minimum Gasteiger partial charge on any atom is -0.377 e. The Balaban J connectivity index is 1.57. The van der Waals surface area contributed by atoms with Crippen molar-refractivity contribution < 1.29 is 9.59 Å². The molecule has 136 valence electrons. The molecule has 3 rings (SSSR count). The molecule has 0 bridgehead atoms. The van der Waals surface area contributed by atoms with Crippen LogP contribution >= 0.6 is 0 Å². The summed E-state index contributed by atoms with van der Waals surface area (Å²) in [6.07, 6.45) is 2.90. The van der Waals surface area contributed by atoms with Crippen LogP contribution in [0, 0.1) is 12.8 Å². The molecule has 1 aromatic carbocycles. The van der Waals surface area contributed by atoms with E-state index in [-0.39, 0.29) is 17.9 Å². The number of urea groups is 1. The van der Waals surface area contributed by atoms with Gasteiger partial charge in [0.05, 0.1) is 0 Å². The van der Waals surface area contributed by atoms with Crippen LogP contribution in [0.3, 0.4) is 0 Å². The summed E-state index contributed by atoms with van der Waals surface area (Å²) in [6, 6.07) is 5.86. The van der Waals surface area contributed by atoms with Crippen LogP contribution in [0.5, 0.6) is 0 Å². The minimum atomic E-state index is -0.0854. The Morgan fingerprint density at radius 2 is 1.76 bits per heavy atom. The van der Waals surface area contributed by atoms with Crippen molar-refractivity contribution in [1.29, 1.82) is 0 Å². The summed E-state index contributed by atoms with van der Waals surface area (Å²) < 4.78 is 0. The molecule has 2 aliphatic rings.